The number of hydrogen-bond donors (Lipinski definition) is 0. The summed E-state index contributed by atoms with van der Waals surface area (Å²) < 4.78 is 5.30. The number of rotatable bonds is 14. The number of carbonyl (C=O) groups is 1. The molecule has 1 rings (SSSR count). The van der Waals surface area contributed by atoms with Gasteiger partial charge in [-0.2, -0.15) is 0 Å². The SMILES string of the molecule is C=C(C(=O)OCCCCCCCCCCCCC)c1ccccc1. The van der Waals surface area contributed by atoms with E-state index in [1.165, 1.54) is 57.8 Å². The molecule has 0 atom stereocenters. The molecule has 0 aliphatic rings. The monoisotopic (exact) mass is 330 g/mol. The summed E-state index contributed by atoms with van der Waals surface area (Å²) >= 11 is 0. The number of unbranched alkanes of at least 4 members (excludes halogenated alkanes) is 10. The molecule has 0 saturated carbocycles. The number of carbonyl (C=O) groups excluding carboxylic acids is 1. The van der Waals surface area contributed by atoms with Crippen molar-refractivity contribution in [1.29, 1.82) is 0 Å². The average molecular weight is 331 g/mol. The first-order chi connectivity index (χ1) is 11.8. The van der Waals surface area contributed by atoms with Gasteiger partial charge in [-0.15, -0.1) is 0 Å². The van der Waals surface area contributed by atoms with Gasteiger partial charge in [0, 0.05) is 0 Å². The van der Waals surface area contributed by atoms with E-state index in [-0.39, 0.29) is 5.97 Å². The lowest BCUT2D eigenvalue weighted by molar-refractivity contribution is -0.136. The summed E-state index contributed by atoms with van der Waals surface area (Å²) in [5, 5.41) is 0. The van der Waals surface area contributed by atoms with E-state index in [1.807, 2.05) is 30.3 Å². The number of esters is 1. The summed E-state index contributed by atoms with van der Waals surface area (Å²) in [6.07, 6.45) is 14.2. The molecular formula is C22H34O2. The lowest BCUT2D eigenvalue weighted by Crippen LogP contribution is -2.07. The maximum Gasteiger partial charge on any atom is 0.338 e. The van der Waals surface area contributed by atoms with Gasteiger partial charge >= 0.3 is 5.97 Å². The third-order valence-corrected chi connectivity index (χ3v) is 4.35. The average Bonchev–Trinajstić information content (AvgIpc) is 2.62. The molecule has 0 aromatic heterocycles. The highest BCUT2D eigenvalue weighted by Gasteiger charge is 2.09. The Morgan fingerprint density at radius 2 is 1.33 bits per heavy atom. The molecule has 0 aliphatic heterocycles. The third-order valence-electron chi connectivity index (χ3n) is 4.35. The molecule has 1 aromatic rings. The Morgan fingerprint density at radius 1 is 0.833 bits per heavy atom. The van der Waals surface area contributed by atoms with Gasteiger partial charge in [0.1, 0.15) is 0 Å². The molecule has 0 bridgehead atoms. The maximum absolute atomic E-state index is 11.9. The fourth-order valence-electron chi connectivity index (χ4n) is 2.78. The molecule has 0 heterocycles. The van der Waals surface area contributed by atoms with Crippen LogP contribution in [0.25, 0.3) is 5.57 Å². The Morgan fingerprint density at radius 3 is 1.88 bits per heavy atom. The van der Waals surface area contributed by atoms with E-state index in [4.69, 9.17) is 4.74 Å². The van der Waals surface area contributed by atoms with E-state index in [0.29, 0.717) is 12.2 Å². The lowest BCUT2D eigenvalue weighted by atomic mass is 10.1. The molecule has 134 valence electrons. The van der Waals surface area contributed by atoms with Crippen molar-refractivity contribution < 1.29 is 9.53 Å². The Labute approximate surface area is 148 Å². The van der Waals surface area contributed by atoms with Crippen LogP contribution >= 0.6 is 0 Å². The summed E-state index contributed by atoms with van der Waals surface area (Å²) in [7, 11) is 0. The van der Waals surface area contributed by atoms with Crippen LogP contribution in [0.1, 0.15) is 83.1 Å². The standard InChI is InChI=1S/C22H34O2/c1-3-4-5-6-7-8-9-10-11-12-16-19-24-22(23)20(2)21-17-14-13-15-18-21/h13-15,17-18H,2-12,16,19H2,1H3. The van der Waals surface area contributed by atoms with Crippen molar-refractivity contribution in [2.75, 3.05) is 6.61 Å². The summed E-state index contributed by atoms with van der Waals surface area (Å²) in [4.78, 5) is 11.9. The van der Waals surface area contributed by atoms with E-state index in [2.05, 4.69) is 13.5 Å². The highest BCUT2D eigenvalue weighted by Crippen LogP contribution is 2.14. The van der Waals surface area contributed by atoms with Gasteiger partial charge in [-0.1, -0.05) is 108 Å². The minimum absolute atomic E-state index is 0.298. The van der Waals surface area contributed by atoms with Crippen LogP contribution in [0.5, 0.6) is 0 Å². The Bertz CT molecular complexity index is 450. The molecular weight excluding hydrogens is 296 g/mol. The van der Waals surface area contributed by atoms with Gasteiger partial charge in [0.25, 0.3) is 0 Å². The summed E-state index contributed by atoms with van der Waals surface area (Å²) in [6, 6.07) is 9.49. The first kappa shape index (κ1) is 20.5. The smallest absolute Gasteiger partial charge is 0.338 e. The van der Waals surface area contributed by atoms with Crippen LogP contribution < -0.4 is 0 Å². The van der Waals surface area contributed by atoms with Gasteiger partial charge < -0.3 is 4.74 Å². The molecule has 0 radical (unpaired) electrons. The second-order valence-electron chi connectivity index (χ2n) is 6.52. The highest BCUT2D eigenvalue weighted by molar-refractivity contribution is 6.15. The van der Waals surface area contributed by atoms with Crippen molar-refractivity contribution in [3.63, 3.8) is 0 Å². The van der Waals surface area contributed by atoms with Crippen LogP contribution in [0.3, 0.4) is 0 Å². The topological polar surface area (TPSA) is 26.3 Å². The quantitative estimate of drug-likeness (QED) is 0.219. The zero-order chi connectivity index (χ0) is 17.5. The largest absolute Gasteiger partial charge is 0.462 e. The zero-order valence-electron chi connectivity index (χ0n) is 15.4. The highest BCUT2D eigenvalue weighted by atomic mass is 16.5. The molecule has 0 fully saturated rings. The Hall–Kier alpha value is -1.57. The first-order valence-corrected chi connectivity index (χ1v) is 9.67. The Balaban J connectivity index is 1.93. The van der Waals surface area contributed by atoms with E-state index in [0.717, 1.165) is 18.4 Å². The predicted molar refractivity (Wildman–Crippen MR) is 103 cm³/mol. The van der Waals surface area contributed by atoms with Crippen molar-refractivity contribution in [1.82, 2.24) is 0 Å². The Kier molecular flexibility index (Phi) is 11.8. The molecule has 0 saturated heterocycles. The molecule has 0 aliphatic carbocycles. The first-order valence-electron chi connectivity index (χ1n) is 9.67. The van der Waals surface area contributed by atoms with Gasteiger partial charge in [0.15, 0.2) is 0 Å². The molecule has 0 amide bonds. The summed E-state index contributed by atoms with van der Waals surface area (Å²) in [6.45, 7) is 6.59. The third kappa shape index (κ3) is 9.54. The van der Waals surface area contributed by atoms with Crippen LogP contribution in [-0.4, -0.2) is 12.6 Å². The fraction of sp³-hybridized carbons (Fsp3) is 0.591. The van der Waals surface area contributed by atoms with E-state index < -0.39 is 0 Å². The van der Waals surface area contributed by atoms with Crippen molar-refractivity contribution in [3.05, 3.63) is 42.5 Å². The van der Waals surface area contributed by atoms with E-state index in [9.17, 15) is 4.79 Å². The van der Waals surface area contributed by atoms with Gasteiger partial charge in [-0.3, -0.25) is 0 Å². The van der Waals surface area contributed by atoms with Crippen molar-refractivity contribution in [2.24, 2.45) is 0 Å². The summed E-state index contributed by atoms with van der Waals surface area (Å²) in [5.74, 6) is -0.298. The van der Waals surface area contributed by atoms with Crippen molar-refractivity contribution >= 4 is 11.5 Å². The lowest BCUT2D eigenvalue weighted by Gasteiger charge is -2.07. The van der Waals surface area contributed by atoms with Crippen LogP contribution in [0, 0.1) is 0 Å². The summed E-state index contributed by atoms with van der Waals surface area (Å²) in [5.41, 5.74) is 1.28. The van der Waals surface area contributed by atoms with E-state index >= 15 is 0 Å². The maximum atomic E-state index is 11.9. The van der Waals surface area contributed by atoms with E-state index in [1.54, 1.807) is 0 Å². The van der Waals surface area contributed by atoms with Crippen LogP contribution in [0.4, 0.5) is 0 Å². The molecule has 1 aromatic carbocycles. The molecule has 0 spiro atoms. The minimum atomic E-state index is -0.298. The molecule has 0 N–H and O–H groups in total. The van der Waals surface area contributed by atoms with Crippen LogP contribution in [-0.2, 0) is 9.53 Å². The van der Waals surface area contributed by atoms with Crippen molar-refractivity contribution in [3.8, 4) is 0 Å². The predicted octanol–water partition coefficient (Wildman–Crippen LogP) is 6.55. The normalized spacial score (nSPS) is 10.5. The molecule has 2 heteroatoms. The molecule has 24 heavy (non-hydrogen) atoms. The number of hydrogen-bond acceptors (Lipinski definition) is 2. The zero-order valence-corrected chi connectivity index (χ0v) is 15.4. The van der Waals surface area contributed by atoms with Gasteiger partial charge in [-0.05, 0) is 12.0 Å². The molecule has 0 unspecified atom stereocenters. The number of benzene rings is 1. The van der Waals surface area contributed by atoms with Crippen LogP contribution in [0.2, 0.25) is 0 Å². The number of ether oxygens (including phenoxy) is 1. The second kappa shape index (κ2) is 13.8. The van der Waals surface area contributed by atoms with Crippen molar-refractivity contribution in [2.45, 2.75) is 77.6 Å². The van der Waals surface area contributed by atoms with Gasteiger partial charge in [0.2, 0.25) is 0 Å². The minimum Gasteiger partial charge on any atom is -0.462 e. The van der Waals surface area contributed by atoms with Gasteiger partial charge in [0.05, 0.1) is 12.2 Å². The fourth-order valence-corrected chi connectivity index (χ4v) is 2.78. The van der Waals surface area contributed by atoms with Crippen LogP contribution in [0.15, 0.2) is 36.9 Å². The van der Waals surface area contributed by atoms with Gasteiger partial charge in [-0.25, -0.2) is 4.79 Å². The second-order valence-corrected chi connectivity index (χ2v) is 6.52. The molecule has 2 nitrogen and oxygen atoms in total.